The fraction of sp³-hybridized carbons (Fsp3) is 0.667. The van der Waals surface area contributed by atoms with Gasteiger partial charge in [-0.3, -0.25) is 9.89 Å². The number of furan rings is 1. The molecule has 0 bridgehead atoms. The number of nitrogens with one attached hydrogen (secondary N) is 2. The van der Waals surface area contributed by atoms with E-state index in [9.17, 15) is 0 Å². The Balaban J connectivity index is 1.99. The number of aliphatic imine (C=N–C) groups is 1. The van der Waals surface area contributed by atoms with E-state index in [-0.39, 0.29) is 6.04 Å². The molecule has 0 radical (unpaired) electrons. The van der Waals surface area contributed by atoms with Gasteiger partial charge < -0.3 is 15.1 Å². The lowest BCUT2D eigenvalue weighted by Gasteiger charge is -2.33. The molecule has 1 aromatic rings. The standard InChI is InChI=1S/C15H26N4O/c1-3-17-15(16-2)18-12-13(14-8-7-11-20-14)19-9-5-4-6-10-19/h7-8,11,13H,3-6,9-10,12H2,1-2H3,(H2,16,17,18). The summed E-state index contributed by atoms with van der Waals surface area (Å²) < 4.78 is 5.63. The minimum atomic E-state index is 0.278. The molecule has 0 spiro atoms. The molecule has 2 N–H and O–H groups in total. The van der Waals surface area contributed by atoms with Gasteiger partial charge in [-0.05, 0) is 45.0 Å². The molecule has 5 heteroatoms. The summed E-state index contributed by atoms with van der Waals surface area (Å²) in [5.74, 6) is 1.88. The summed E-state index contributed by atoms with van der Waals surface area (Å²) in [7, 11) is 1.80. The van der Waals surface area contributed by atoms with Crippen molar-refractivity contribution in [2.45, 2.75) is 32.2 Å². The fourth-order valence-corrected chi connectivity index (χ4v) is 2.70. The van der Waals surface area contributed by atoms with E-state index >= 15 is 0 Å². The zero-order chi connectivity index (χ0) is 14.2. The molecule has 1 saturated heterocycles. The molecule has 2 heterocycles. The van der Waals surface area contributed by atoms with Crippen molar-refractivity contribution in [3.63, 3.8) is 0 Å². The fourth-order valence-electron chi connectivity index (χ4n) is 2.70. The third-order valence-electron chi connectivity index (χ3n) is 3.73. The zero-order valence-corrected chi connectivity index (χ0v) is 12.6. The van der Waals surface area contributed by atoms with E-state index in [2.05, 4.69) is 33.5 Å². The van der Waals surface area contributed by atoms with E-state index < -0.39 is 0 Å². The molecule has 1 aliphatic heterocycles. The van der Waals surface area contributed by atoms with Crippen molar-refractivity contribution in [3.05, 3.63) is 24.2 Å². The van der Waals surface area contributed by atoms with E-state index in [1.807, 2.05) is 6.07 Å². The molecule has 20 heavy (non-hydrogen) atoms. The highest BCUT2D eigenvalue weighted by molar-refractivity contribution is 5.79. The van der Waals surface area contributed by atoms with Crippen LogP contribution in [-0.2, 0) is 0 Å². The first-order valence-corrected chi connectivity index (χ1v) is 7.57. The maximum Gasteiger partial charge on any atom is 0.191 e. The number of rotatable bonds is 5. The smallest absolute Gasteiger partial charge is 0.191 e. The van der Waals surface area contributed by atoms with E-state index in [0.717, 1.165) is 37.9 Å². The quantitative estimate of drug-likeness (QED) is 0.639. The molecule has 0 aliphatic carbocycles. The van der Waals surface area contributed by atoms with Gasteiger partial charge in [0.1, 0.15) is 5.76 Å². The summed E-state index contributed by atoms with van der Waals surface area (Å²) in [6, 6.07) is 4.31. The monoisotopic (exact) mass is 278 g/mol. The summed E-state index contributed by atoms with van der Waals surface area (Å²) in [6.07, 6.45) is 5.65. The molecule has 1 unspecified atom stereocenters. The van der Waals surface area contributed by atoms with Gasteiger partial charge in [0.2, 0.25) is 0 Å². The predicted molar refractivity (Wildman–Crippen MR) is 81.9 cm³/mol. The normalized spacial score (nSPS) is 18.8. The largest absolute Gasteiger partial charge is 0.468 e. The third kappa shape index (κ3) is 4.00. The van der Waals surface area contributed by atoms with Crippen molar-refractivity contribution in [1.82, 2.24) is 15.5 Å². The van der Waals surface area contributed by atoms with Crippen LogP contribution in [0.15, 0.2) is 27.8 Å². The van der Waals surface area contributed by atoms with Crippen LogP contribution in [0.4, 0.5) is 0 Å². The number of likely N-dealkylation sites (tertiary alicyclic amines) is 1. The van der Waals surface area contributed by atoms with Gasteiger partial charge in [0.05, 0.1) is 12.3 Å². The number of hydrogen-bond acceptors (Lipinski definition) is 3. The molecule has 0 amide bonds. The van der Waals surface area contributed by atoms with E-state index in [4.69, 9.17) is 4.42 Å². The van der Waals surface area contributed by atoms with Crippen LogP contribution in [0, 0.1) is 0 Å². The Morgan fingerprint density at radius 2 is 2.15 bits per heavy atom. The topological polar surface area (TPSA) is 52.8 Å². The Labute approximate surface area is 121 Å². The van der Waals surface area contributed by atoms with Crippen molar-refractivity contribution < 1.29 is 4.42 Å². The van der Waals surface area contributed by atoms with Gasteiger partial charge in [-0.2, -0.15) is 0 Å². The first kappa shape index (κ1) is 14.9. The lowest BCUT2D eigenvalue weighted by Crippen LogP contribution is -2.44. The van der Waals surface area contributed by atoms with Crippen LogP contribution < -0.4 is 10.6 Å². The minimum Gasteiger partial charge on any atom is -0.468 e. The lowest BCUT2D eigenvalue weighted by atomic mass is 10.1. The maximum atomic E-state index is 5.63. The van der Waals surface area contributed by atoms with Crippen LogP contribution in [0.5, 0.6) is 0 Å². The van der Waals surface area contributed by atoms with Crippen LogP contribution in [0.2, 0.25) is 0 Å². The average molecular weight is 278 g/mol. The van der Waals surface area contributed by atoms with Crippen LogP contribution in [0.25, 0.3) is 0 Å². The Bertz CT molecular complexity index is 396. The minimum absolute atomic E-state index is 0.278. The van der Waals surface area contributed by atoms with Crippen molar-refractivity contribution in [2.75, 3.05) is 33.2 Å². The van der Waals surface area contributed by atoms with Crippen LogP contribution >= 0.6 is 0 Å². The second kappa shape index (κ2) is 7.94. The number of nitrogens with zero attached hydrogens (tertiary/aromatic N) is 2. The second-order valence-corrected chi connectivity index (χ2v) is 5.11. The van der Waals surface area contributed by atoms with Gasteiger partial charge in [-0.15, -0.1) is 0 Å². The molecular weight excluding hydrogens is 252 g/mol. The molecule has 2 rings (SSSR count). The number of guanidine groups is 1. The molecule has 1 aliphatic rings. The van der Waals surface area contributed by atoms with Crippen molar-refractivity contribution in [3.8, 4) is 0 Å². The molecule has 1 fully saturated rings. The van der Waals surface area contributed by atoms with Gasteiger partial charge in [0.25, 0.3) is 0 Å². The molecule has 5 nitrogen and oxygen atoms in total. The summed E-state index contributed by atoms with van der Waals surface area (Å²) in [6.45, 7) is 6.04. The first-order chi connectivity index (χ1) is 9.85. The maximum absolute atomic E-state index is 5.63. The second-order valence-electron chi connectivity index (χ2n) is 5.11. The summed E-state index contributed by atoms with van der Waals surface area (Å²) in [5, 5.41) is 6.62. The molecule has 112 valence electrons. The zero-order valence-electron chi connectivity index (χ0n) is 12.6. The Morgan fingerprint density at radius 3 is 2.75 bits per heavy atom. The number of hydrogen-bond donors (Lipinski definition) is 2. The summed E-state index contributed by atoms with van der Waals surface area (Å²) in [5.41, 5.74) is 0. The highest BCUT2D eigenvalue weighted by atomic mass is 16.3. The van der Waals surface area contributed by atoms with Gasteiger partial charge in [0, 0.05) is 20.1 Å². The van der Waals surface area contributed by atoms with Crippen LogP contribution in [-0.4, -0.2) is 44.1 Å². The van der Waals surface area contributed by atoms with Crippen molar-refractivity contribution in [1.29, 1.82) is 0 Å². The van der Waals surface area contributed by atoms with Crippen LogP contribution in [0.3, 0.4) is 0 Å². The van der Waals surface area contributed by atoms with E-state index in [0.29, 0.717) is 0 Å². The number of piperidine rings is 1. The van der Waals surface area contributed by atoms with E-state index in [1.165, 1.54) is 19.3 Å². The first-order valence-electron chi connectivity index (χ1n) is 7.57. The van der Waals surface area contributed by atoms with Gasteiger partial charge in [-0.1, -0.05) is 6.42 Å². The van der Waals surface area contributed by atoms with Gasteiger partial charge >= 0.3 is 0 Å². The Hall–Kier alpha value is -1.49. The molecule has 0 aromatic carbocycles. The molecule has 0 saturated carbocycles. The molecular formula is C15H26N4O. The van der Waals surface area contributed by atoms with Gasteiger partial charge in [-0.25, -0.2) is 0 Å². The highest BCUT2D eigenvalue weighted by Crippen LogP contribution is 2.24. The van der Waals surface area contributed by atoms with E-state index in [1.54, 1.807) is 13.3 Å². The van der Waals surface area contributed by atoms with Crippen molar-refractivity contribution in [2.24, 2.45) is 4.99 Å². The third-order valence-corrected chi connectivity index (χ3v) is 3.73. The molecule has 1 aromatic heterocycles. The van der Waals surface area contributed by atoms with Crippen LogP contribution in [0.1, 0.15) is 38.0 Å². The average Bonchev–Trinajstić information content (AvgIpc) is 3.01. The summed E-state index contributed by atoms with van der Waals surface area (Å²) in [4.78, 5) is 6.73. The highest BCUT2D eigenvalue weighted by Gasteiger charge is 2.24. The summed E-state index contributed by atoms with van der Waals surface area (Å²) >= 11 is 0. The van der Waals surface area contributed by atoms with Gasteiger partial charge in [0.15, 0.2) is 5.96 Å². The SMILES string of the molecule is CCNC(=NC)NCC(c1ccco1)N1CCCCC1. The predicted octanol–water partition coefficient (Wildman–Crippen LogP) is 1.99. The Kier molecular flexibility index (Phi) is 5.92. The Morgan fingerprint density at radius 1 is 1.35 bits per heavy atom. The van der Waals surface area contributed by atoms with Crippen molar-refractivity contribution >= 4 is 5.96 Å². The molecule has 1 atom stereocenters. The lowest BCUT2D eigenvalue weighted by molar-refractivity contribution is 0.146.